The standard InChI is InChI=1S/C20H18N6O/c1-25-20-17(18(24-25)13-2-3-13)16(15(10-21)19(22)27-20)12-4-6-14(7-5-12)26-9-8-23-11-26/h4-9,11,13,16H,2-3,22H2,1H3. The first-order chi connectivity index (χ1) is 13.2. The van der Waals surface area contributed by atoms with E-state index in [1.807, 2.05) is 42.1 Å². The van der Waals surface area contributed by atoms with Gasteiger partial charge < -0.3 is 15.0 Å². The van der Waals surface area contributed by atoms with E-state index >= 15 is 0 Å². The van der Waals surface area contributed by atoms with E-state index in [1.54, 1.807) is 17.2 Å². The first kappa shape index (κ1) is 15.7. The minimum absolute atomic E-state index is 0.152. The molecule has 134 valence electrons. The van der Waals surface area contributed by atoms with E-state index in [4.69, 9.17) is 10.5 Å². The zero-order valence-corrected chi connectivity index (χ0v) is 14.8. The molecule has 3 heterocycles. The SMILES string of the molecule is Cn1nc(C2CC2)c2c1OC(N)=C(C#N)C2c1ccc(-n2ccnc2)cc1. The molecule has 2 aromatic heterocycles. The van der Waals surface area contributed by atoms with Gasteiger partial charge in [0.05, 0.1) is 23.5 Å². The summed E-state index contributed by atoms with van der Waals surface area (Å²) in [4.78, 5) is 4.08. The normalized spacial score (nSPS) is 18.7. The van der Waals surface area contributed by atoms with Gasteiger partial charge >= 0.3 is 0 Å². The second-order valence-electron chi connectivity index (χ2n) is 6.99. The van der Waals surface area contributed by atoms with Crippen molar-refractivity contribution in [3.63, 3.8) is 0 Å². The van der Waals surface area contributed by atoms with Gasteiger partial charge in [0.2, 0.25) is 11.8 Å². The maximum atomic E-state index is 9.77. The van der Waals surface area contributed by atoms with Crippen molar-refractivity contribution in [1.29, 1.82) is 5.26 Å². The Labute approximate surface area is 156 Å². The number of nitrogens with two attached hydrogens (primary N) is 1. The van der Waals surface area contributed by atoms with Crippen LogP contribution in [0.5, 0.6) is 5.88 Å². The number of benzene rings is 1. The van der Waals surface area contributed by atoms with Gasteiger partial charge in [0.25, 0.3) is 0 Å². The van der Waals surface area contributed by atoms with Crippen LogP contribution in [0.3, 0.4) is 0 Å². The van der Waals surface area contributed by atoms with Crippen molar-refractivity contribution >= 4 is 0 Å². The van der Waals surface area contributed by atoms with Crippen LogP contribution in [-0.4, -0.2) is 19.3 Å². The molecule has 1 aliphatic heterocycles. The number of hydrogen-bond acceptors (Lipinski definition) is 5. The van der Waals surface area contributed by atoms with Gasteiger partial charge in [-0.25, -0.2) is 9.67 Å². The smallest absolute Gasteiger partial charge is 0.224 e. The number of imidazole rings is 1. The largest absolute Gasteiger partial charge is 0.422 e. The summed E-state index contributed by atoms with van der Waals surface area (Å²) in [6.45, 7) is 0. The Kier molecular flexibility index (Phi) is 3.34. The van der Waals surface area contributed by atoms with Crippen LogP contribution < -0.4 is 10.5 Å². The monoisotopic (exact) mass is 358 g/mol. The molecule has 2 aliphatic rings. The topological polar surface area (TPSA) is 94.7 Å². The maximum Gasteiger partial charge on any atom is 0.224 e. The van der Waals surface area contributed by atoms with Gasteiger partial charge in [-0.15, -0.1) is 0 Å². The van der Waals surface area contributed by atoms with Crippen LogP contribution in [-0.2, 0) is 7.05 Å². The minimum atomic E-state index is -0.264. The zero-order valence-electron chi connectivity index (χ0n) is 14.8. The number of allylic oxidation sites excluding steroid dienone is 1. The summed E-state index contributed by atoms with van der Waals surface area (Å²) in [7, 11) is 1.86. The van der Waals surface area contributed by atoms with E-state index in [9.17, 15) is 5.26 Å². The van der Waals surface area contributed by atoms with Crippen LogP contribution in [0.1, 0.15) is 41.5 Å². The first-order valence-corrected chi connectivity index (χ1v) is 8.90. The van der Waals surface area contributed by atoms with Gasteiger partial charge in [0, 0.05) is 31.0 Å². The molecule has 1 saturated carbocycles. The third-order valence-corrected chi connectivity index (χ3v) is 5.22. The number of aromatic nitrogens is 4. The molecule has 0 spiro atoms. The molecule has 0 radical (unpaired) electrons. The highest BCUT2D eigenvalue weighted by atomic mass is 16.5. The predicted molar refractivity (Wildman–Crippen MR) is 98.0 cm³/mol. The lowest BCUT2D eigenvalue weighted by Gasteiger charge is -2.25. The number of hydrogen-bond donors (Lipinski definition) is 1. The van der Waals surface area contributed by atoms with Crippen molar-refractivity contribution in [1.82, 2.24) is 19.3 Å². The molecule has 2 N–H and O–H groups in total. The summed E-state index contributed by atoms with van der Waals surface area (Å²) in [6, 6.07) is 10.4. The highest BCUT2D eigenvalue weighted by Gasteiger charge is 2.40. The molecule has 5 rings (SSSR count). The van der Waals surface area contributed by atoms with Crippen LogP contribution in [0.4, 0.5) is 0 Å². The van der Waals surface area contributed by atoms with Gasteiger partial charge in [0.15, 0.2) is 0 Å². The average Bonchev–Trinajstić information content (AvgIpc) is 3.28. The van der Waals surface area contributed by atoms with Gasteiger partial charge in [-0.05, 0) is 30.5 Å². The van der Waals surface area contributed by atoms with E-state index in [-0.39, 0.29) is 11.8 Å². The van der Waals surface area contributed by atoms with Crippen LogP contribution in [0.15, 0.2) is 54.4 Å². The van der Waals surface area contributed by atoms with Gasteiger partial charge in [0.1, 0.15) is 11.6 Å². The molecule has 7 nitrogen and oxygen atoms in total. The van der Waals surface area contributed by atoms with Gasteiger partial charge in [-0.2, -0.15) is 10.4 Å². The Hall–Kier alpha value is -3.53. The van der Waals surface area contributed by atoms with Crippen LogP contribution in [0.2, 0.25) is 0 Å². The summed E-state index contributed by atoms with van der Waals surface area (Å²) in [6.07, 6.45) is 7.64. The summed E-state index contributed by atoms with van der Waals surface area (Å²) in [5.74, 6) is 0.964. The molecule has 0 amide bonds. The molecule has 7 heteroatoms. The molecule has 1 aromatic carbocycles. The highest BCUT2D eigenvalue weighted by Crippen LogP contribution is 2.50. The Morgan fingerprint density at radius 2 is 2.04 bits per heavy atom. The van der Waals surface area contributed by atoms with E-state index in [2.05, 4.69) is 16.2 Å². The quantitative estimate of drug-likeness (QED) is 0.777. The van der Waals surface area contributed by atoms with Crippen molar-refractivity contribution in [3.8, 4) is 17.6 Å². The molecule has 0 bridgehead atoms. The number of nitriles is 1. The fourth-order valence-corrected chi connectivity index (χ4v) is 3.74. The molecule has 0 saturated heterocycles. The van der Waals surface area contributed by atoms with E-state index in [0.29, 0.717) is 17.4 Å². The lowest BCUT2D eigenvalue weighted by atomic mass is 9.83. The second kappa shape index (κ2) is 5.74. The molecule has 27 heavy (non-hydrogen) atoms. The van der Waals surface area contributed by atoms with Gasteiger partial charge in [-0.3, -0.25) is 0 Å². The molecule has 3 aromatic rings. The van der Waals surface area contributed by atoms with E-state index in [1.165, 1.54) is 0 Å². The Morgan fingerprint density at radius 1 is 1.26 bits per heavy atom. The van der Waals surface area contributed by atoms with Crippen molar-refractivity contribution < 1.29 is 4.74 Å². The Balaban J connectivity index is 1.65. The molecular formula is C20H18N6O. The molecule has 1 fully saturated rings. The summed E-state index contributed by atoms with van der Waals surface area (Å²) in [5, 5.41) is 14.4. The lowest BCUT2D eigenvalue weighted by Crippen LogP contribution is -2.22. The third kappa shape index (κ3) is 2.41. The second-order valence-corrected chi connectivity index (χ2v) is 6.99. The van der Waals surface area contributed by atoms with Crippen LogP contribution >= 0.6 is 0 Å². The third-order valence-electron chi connectivity index (χ3n) is 5.22. The van der Waals surface area contributed by atoms with Crippen molar-refractivity contribution in [2.45, 2.75) is 24.7 Å². The Morgan fingerprint density at radius 3 is 2.67 bits per heavy atom. The zero-order chi connectivity index (χ0) is 18.5. The number of nitrogens with zero attached hydrogens (tertiary/aromatic N) is 5. The Bertz CT molecular complexity index is 1080. The van der Waals surface area contributed by atoms with E-state index < -0.39 is 0 Å². The fourth-order valence-electron chi connectivity index (χ4n) is 3.74. The molecular weight excluding hydrogens is 340 g/mol. The minimum Gasteiger partial charge on any atom is -0.422 e. The fraction of sp³-hybridized carbons (Fsp3) is 0.250. The average molecular weight is 358 g/mol. The number of fused-ring (bicyclic) bond motifs is 1. The molecule has 1 atom stereocenters. The lowest BCUT2D eigenvalue weighted by molar-refractivity contribution is 0.358. The van der Waals surface area contributed by atoms with Gasteiger partial charge in [-0.1, -0.05) is 12.1 Å². The van der Waals surface area contributed by atoms with Crippen LogP contribution in [0, 0.1) is 11.3 Å². The summed E-state index contributed by atoms with van der Waals surface area (Å²) < 4.78 is 9.45. The summed E-state index contributed by atoms with van der Waals surface area (Å²) in [5.41, 5.74) is 10.5. The van der Waals surface area contributed by atoms with Crippen molar-refractivity contribution in [3.05, 3.63) is 71.3 Å². The number of ether oxygens (including phenoxy) is 1. The predicted octanol–water partition coefficient (Wildman–Crippen LogP) is 2.70. The number of aryl methyl sites for hydroxylation is 1. The maximum absolute atomic E-state index is 9.77. The van der Waals surface area contributed by atoms with Crippen molar-refractivity contribution in [2.24, 2.45) is 12.8 Å². The molecule has 1 unspecified atom stereocenters. The highest BCUT2D eigenvalue weighted by molar-refractivity contribution is 5.57. The van der Waals surface area contributed by atoms with Crippen molar-refractivity contribution in [2.75, 3.05) is 0 Å². The first-order valence-electron chi connectivity index (χ1n) is 8.90. The van der Waals surface area contributed by atoms with Crippen LogP contribution in [0.25, 0.3) is 5.69 Å². The van der Waals surface area contributed by atoms with E-state index in [0.717, 1.165) is 35.3 Å². The summed E-state index contributed by atoms with van der Waals surface area (Å²) >= 11 is 0. The number of rotatable bonds is 3. The molecule has 1 aliphatic carbocycles.